The first-order valence-electron chi connectivity index (χ1n) is 12.1. The van der Waals surface area contributed by atoms with Crippen molar-refractivity contribution in [1.82, 2.24) is 9.97 Å². The van der Waals surface area contributed by atoms with Gasteiger partial charge in [-0.15, -0.1) is 0 Å². The van der Waals surface area contributed by atoms with Crippen LogP contribution in [0.3, 0.4) is 0 Å². The maximum Gasteiger partial charge on any atom is 0.336 e. The first-order chi connectivity index (χ1) is 17.8. The van der Waals surface area contributed by atoms with Crippen molar-refractivity contribution in [2.24, 2.45) is 0 Å². The predicted molar refractivity (Wildman–Crippen MR) is 151 cm³/mol. The van der Waals surface area contributed by atoms with Crippen LogP contribution in [-0.4, -0.2) is 17.1 Å². The third kappa shape index (κ3) is 5.62. The maximum absolute atomic E-state index is 12.3. The third-order valence-corrected chi connectivity index (χ3v) is 7.15. The van der Waals surface area contributed by atoms with Crippen molar-refractivity contribution in [3.8, 4) is 5.75 Å². The minimum atomic E-state index is -0.354. The van der Waals surface area contributed by atoms with E-state index in [0.29, 0.717) is 23.0 Å². The Morgan fingerprint density at radius 2 is 1.73 bits per heavy atom. The topological polar surface area (TPSA) is 77.2 Å². The molecule has 0 radical (unpaired) electrons. The molecule has 1 N–H and O–H groups in total. The van der Waals surface area contributed by atoms with Gasteiger partial charge < -0.3 is 14.5 Å². The summed E-state index contributed by atoms with van der Waals surface area (Å²) in [6.07, 6.45) is 0. The number of aromatic nitrogens is 2. The number of fused-ring (bicyclic) bond motifs is 2. The van der Waals surface area contributed by atoms with E-state index in [1.54, 1.807) is 13.2 Å². The molecule has 0 unspecified atom stereocenters. The molecule has 0 atom stereocenters. The number of anilines is 1. The number of hydrogen-bond acceptors (Lipinski definition) is 7. The van der Waals surface area contributed by atoms with Gasteiger partial charge in [-0.1, -0.05) is 62.9 Å². The van der Waals surface area contributed by atoms with Crippen molar-refractivity contribution < 1.29 is 9.15 Å². The summed E-state index contributed by atoms with van der Waals surface area (Å²) in [4.78, 5) is 21.9. The maximum atomic E-state index is 12.3. The lowest BCUT2D eigenvalue weighted by Gasteiger charge is -2.19. The lowest BCUT2D eigenvalue weighted by Crippen LogP contribution is -2.11. The van der Waals surface area contributed by atoms with Gasteiger partial charge in [0.2, 0.25) is 0 Å². The number of methoxy groups -OCH3 is 1. The Bertz CT molecular complexity index is 1620. The van der Waals surface area contributed by atoms with E-state index < -0.39 is 0 Å². The van der Waals surface area contributed by atoms with Crippen LogP contribution >= 0.6 is 11.8 Å². The van der Waals surface area contributed by atoms with E-state index in [4.69, 9.17) is 19.1 Å². The molecule has 0 amide bonds. The van der Waals surface area contributed by atoms with Crippen LogP contribution in [0.15, 0.2) is 87.2 Å². The second-order valence-corrected chi connectivity index (χ2v) is 10.9. The fourth-order valence-electron chi connectivity index (χ4n) is 4.14. The second-order valence-electron chi connectivity index (χ2n) is 9.91. The van der Waals surface area contributed by atoms with Crippen LogP contribution in [0.1, 0.15) is 37.5 Å². The fraction of sp³-hybridized carbons (Fsp3) is 0.233. The molecule has 0 fully saturated rings. The predicted octanol–water partition coefficient (Wildman–Crippen LogP) is 6.95. The van der Waals surface area contributed by atoms with Gasteiger partial charge in [-0.05, 0) is 58.5 Å². The highest BCUT2D eigenvalue weighted by Crippen LogP contribution is 2.31. The lowest BCUT2D eigenvalue weighted by molar-refractivity contribution is 0.414. The average molecular weight is 512 g/mol. The third-order valence-electron chi connectivity index (χ3n) is 6.25. The smallest absolute Gasteiger partial charge is 0.336 e. The highest BCUT2D eigenvalue weighted by Gasteiger charge is 2.16. The summed E-state index contributed by atoms with van der Waals surface area (Å²) in [5, 5.41) is 6.02. The van der Waals surface area contributed by atoms with E-state index >= 15 is 0 Å². The summed E-state index contributed by atoms with van der Waals surface area (Å²) in [5.41, 5.74) is 4.31. The SMILES string of the molecule is COc1ccc(CNc2nc(SCc3cc(=O)oc4ccc(C(C)(C)C)cc34)nc3ccccc23)cc1. The second kappa shape index (κ2) is 10.3. The summed E-state index contributed by atoms with van der Waals surface area (Å²) in [6.45, 7) is 7.14. The van der Waals surface area contributed by atoms with Crippen LogP contribution in [0.4, 0.5) is 5.82 Å². The Labute approximate surface area is 220 Å². The van der Waals surface area contributed by atoms with Crippen molar-refractivity contribution in [3.63, 3.8) is 0 Å². The summed E-state index contributed by atoms with van der Waals surface area (Å²) in [6, 6.07) is 23.5. The molecule has 0 aliphatic heterocycles. The van der Waals surface area contributed by atoms with Crippen molar-refractivity contribution in [1.29, 1.82) is 0 Å². The lowest BCUT2D eigenvalue weighted by atomic mass is 9.86. The average Bonchev–Trinajstić information content (AvgIpc) is 2.89. The molecule has 0 spiro atoms. The molecule has 2 heterocycles. The zero-order chi connectivity index (χ0) is 26.0. The van der Waals surface area contributed by atoms with Crippen LogP contribution < -0.4 is 15.7 Å². The molecule has 5 rings (SSSR count). The molecule has 37 heavy (non-hydrogen) atoms. The number of para-hydroxylation sites is 1. The minimum Gasteiger partial charge on any atom is -0.497 e. The Morgan fingerprint density at radius 3 is 2.49 bits per heavy atom. The van der Waals surface area contributed by atoms with Crippen molar-refractivity contribution in [3.05, 3.63) is 99.9 Å². The van der Waals surface area contributed by atoms with Crippen molar-refractivity contribution in [2.75, 3.05) is 12.4 Å². The molecule has 6 nitrogen and oxygen atoms in total. The molecule has 0 aliphatic carbocycles. The van der Waals surface area contributed by atoms with Gasteiger partial charge in [-0.3, -0.25) is 0 Å². The summed E-state index contributed by atoms with van der Waals surface area (Å²) >= 11 is 1.51. The van der Waals surface area contributed by atoms with E-state index in [1.165, 1.54) is 17.3 Å². The monoisotopic (exact) mass is 511 g/mol. The first kappa shape index (κ1) is 24.8. The van der Waals surface area contributed by atoms with Gasteiger partial charge in [-0.25, -0.2) is 14.8 Å². The Hall–Kier alpha value is -3.84. The molecular formula is C30H29N3O3S. The Balaban J connectivity index is 1.44. The Morgan fingerprint density at radius 1 is 0.946 bits per heavy atom. The van der Waals surface area contributed by atoms with Crippen LogP contribution in [0, 0.1) is 0 Å². The number of nitrogens with one attached hydrogen (secondary N) is 1. The molecule has 0 aliphatic rings. The van der Waals surface area contributed by atoms with E-state index in [1.807, 2.05) is 60.7 Å². The number of thioether (sulfide) groups is 1. The van der Waals surface area contributed by atoms with Crippen LogP contribution in [0.25, 0.3) is 21.9 Å². The van der Waals surface area contributed by atoms with Crippen LogP contribution in [-0.2, 0) is 17.7 Å². The van der Waals surface area contributed by atoms with Gasteiger partial charge >= 0.3 is 5.63 Å². The summed E-state index contributed by atoms with van der Waals surface area (Å²) < 4.78 is 10.7. The van der Waals surface area contributed by atoms with E-state index in [-0.39, 0.29) is 11.0 Å². The van der Waals surface area contributed by atoms with Gasteiger partial charge in [0.15, 0.2) is 5.16 Å². The standard InChI is InChI=1S/C30H29N3O3S/c1-30(2,3)21-11-14-26-24(16-21)20(15-27(34)36-26)18-37-29-32-25-8-6-5-7-23(25)28(33-29)31-17-19-9-12-22(35-4)13-10-19/h5-16H,17-18H2,1-4H3,(H,31,32,33). The van der Waals surface area contributed by atoms with Gasteiger partial charge in [0.1, 0.15) is 17.2 Å². The highest BCUT2D eigenvalue weighted by molar-refractivity contribution is 7.98. The van der Waals surface area contributed by atoms with Crippen molar-refractivity contribution in [2.45, 2.75) is 43.6 Å². The molecule has 5 aromatic rings. The van der Waals surface area contributed by atoms with Crippen LogP contribution in [0.2, 0.25) is 0 Å². The van der Waals surface area contributed by atoms with E-state index in [9.17, 15) is 4.79 Å². The number of rotatable bonds is 7. The Kier molecular flexibility index (Phi) is 6.89. The molecule has 0 saturated carbocycles. The number of ether oxygens (including phenoxy) is 1. The normalized spacial score (nSPS) is 11.7. The van der Waals surface area contributed by atoms with Gasteiger partial charge in [0.05, 0.1) is 12.6 Å². The molecule has 0 saturated heterocycles. The fourth-order valence-corrected chi connectivity index (χ4v) is 4.98. The molecule has 0 bridgehead atoms. The van der Waals surface area contributed by atoms with Crippen molar-refractivity contribution >= 4 is 39.5 Å². The largest absolute Gasteiger partial charge is 0.497 e. The molecule has 2 aromatic heterocycles. The summed E-state index contributed by atoms with van der Waals surface area (Å²) in [5.74, 6) is 2.15. The first-order valence-corrected chi connectivity index (χ1v) is 13.1. The quantitative estimate of drug-likeness (QED) is 0.144. The van der Waals surface area contributed by atoms with Gasteiger partial charge in [0.25, 0.3) is 0 Å². The van der Waals surface area contributed by atoms with Crippen LogP contribution in [0.5, 0.6) is 5.75 Å². The summed E-state index contributed by atoms with van der Waals surface area (Å²) in [7, 11) is 1.66. The van der Waals surface area contributed by atoms with Gasteiger partial charge in [-0.2, -0.15) is 0 Å². The van der Waals surface area contributed by atoms with E-state index in [2.05, 4.69) is 32.2 Å². The molecule has 3 aromatic carbocycles. The van der Waals surface area contributed by atoms with E-state index in [0.717, 1.165) is 39.0 Å². The molecule has 7 heteroatoms. The molecule has 188 valence electrons. The number of hydrogen-bond donors (Lipinski definition) is 1. The zero-order valence-corrected chi connectivity index (χ0v) is 22.2. The number of nitrogens with zero attached hydrogens (tertiary/aromatic N) is 2. The van der Waals surface area contributed by atoms with Gasteiger partial charge in [0, 0.05) is 29.1 Å². The molecular weight excluding hydrogens is 482 g/mol. The number of benzene rings is 3. The highest BCUT2D eigenvalue weighted by atomic mass is 32.2. The minimum absolute atomic E-state index is 0.0132. The zero-order valence-electron chi connectivity index (χ0n) is 21.4.